The second-order valence-electron chi connectivity index (χ2n) is 6.96. The van der Waals surface area contributed by atoms with Gasteiger partial charge in [0, 0.05) is 24.2 Å². The third-order valence-corrected chi connectivity index (χ3v) is 5.03. The van der Waals surface area contributed by atoms with E-state index in [1.807, 2.05) is 24.3 Å². The Balaban J connectivity index is 1.34. The lowest BCUT2D eigenvalue weighted by Gasteiger charge is -2.29. The molecule has 0 saturated carbocycles. The van der Waals surface area contributed by atoms with E-state index >= 15 is 0 Å². The van der Waals surface area contributed by atoms with Crippen LogP contribution in [0.3, 0.4) is 0 Å². The Bertz CT molecular complexity index is 993. The van der Waals surface area contributed by atoms with Crippen LogP contribution in [0.2, 0.25) is 0 Å². The van der Waals surface area contributed by atoms with Gasteiger partial charge in [-0.05, 0) is 42.7 Å². The van der Waals surface area contributed by atoms with E-state index in [0.29, 0.717) is 6.54 Å². The number of para-hydroxylation sites is 1. The van der Waals surface area contributed by atoms with E-state index in [-0.39, 0.29) is 30.1 Å². The molecule has 0 radical (unpaired) electrons. The van der Waals surface area contributed by atoms with Crippen LogP contribution in [0, 0.1) is 11.6 Å². The summed E-state index contributed by atoms with van der Waals surface area (Å²) >= 11 is 0. The minimum Gasteiger partial charge on any atom is -0.382 e. The molecule has 0 unspecified atom stereocenters. The molecule has 2 heterocycles. The summed E-state index contributed by atoms with van der Waals surface area (Å²) in [6, 6.07) is 10.7. The predicted molar refractivity (Wildman–Crippen MR) is 103 cm³/mol. The third-order valence-electron chi connectivity index (χ3n) is 5.03. The first-order valence-corrected chi connectivity index (χ1v) is 9.37. The highest BCUT2D eigenvalue weighted by molar-refractivity contribution is 6.05. The number of rotatable bonds is 4. The molecule has 8 heteroatoms. The lowest BCUT2D eigenvalue weighted by molar-refractivity contribution is -0.132. The standard InChI is InChI=1S/C21H19F2N3O3/c22-14-7-8-16(23)15(10-14)17-11-19(29-25-17)21(28)24-12-20(27)26-9-3-5-13-4-1-2-6-18(13)26/h1-2,4,6-8,10,19H,3,5,9,11-12H2,(H,24,28)/t19-/m1/s1. The summed E-state index contributed by atoms with van der Waals surface area (Å²) in [5.74, 6) is -2.00. The number of fused-ring (bicyclic) bond motifs is 1. The van der Waals surface area contributed by atoms with E-state index in [9.17, 15) is 18.4 Å². The highest BCUT2D eigenvalue weighted by Crippen LogP contribution is 2.26. The summed E-state index contributed by atoms with van der Waals surface area (Å²) in [6.45, 7) is 0.411. The average Bonchev–Trinajstić information content (AvgIpc) is 3.23. The molecule has 0 saturated heterocycles. The summed E-state index contributed by atoms with van der Waals surface area (Å²) in [4.78, 5) is 31.7. The van der Waals surface area contributed by atoms with E-state index in [4.69, 9.17) is 4.84 Å². The smallest absolute Gasteiger partial charge is 0.264 e. The van der Waals surface area contributed by atoms with Gasteiger partial charge in [-0.1, -0.05) is 23.4 Å². The molecule has 2 amide bonds. The van der Waals surface area contributed by atoms with Gasteiger partial charge in [0.1, 0.15) is 11.6 Å². The SMILES string of the molecule is O=C(NCC(=O)N1CCCc2ccccc21)[C@H]1CC(c2cc(F)ccc2F)=NO1. The summed E-state index contributed by atoms with van der Waals surface area (Å²) in [5, 5.41) is 6.27. The molecule has 29 heavy (non-hydrogen) atoms. The zero-order valence-corrected chi connectivity index (χ0v) is 15.5. The second kappa shape index (κ2) is 7.98. The fourth-order valence-corrected chi connectivity index (χ4v) is 3.56. The number of nitrogens with zero attached hydrogens (tertiary/aromatic N) is 2. The van der Waals surface area contributed by atoms with Crippen molar-refractivity contribution in [2.75, 3.05) is 18.0 Å². The number of hydrogen-bond donors (Lipinski definition) is 1. The normalized spacial score (nSPS) is 17.9. The van der Waals surface area contributed by atoms with Crippen LogP contribution in [0.1, 0.15) is 24.0 Å². The molecule has 0 bridgehead atoms. The van der Waals surface area contributed by atoms with Crippen molar-refractivity contribution in [3.05, 3.63) is 65.2 Å². The van der Waals surface area contributed by atoms with Crippen LogP contribution < -0.4 is 10.2 Å². The number of hydrogen-bond acceptors (Lipinski definition) is 4. The molecule has 6 nitrogen and oxygen atoms in total. The fourth-order valence-electron chi connectivity index (χ4n) is 3.56. The van der Waals surface area contributed by atoms with E-state index < -0.39 is 23.6 Å². The van der Waals surface area contributed by atoms with Crippen molar-refractivity contribution in [2.45, 2.75) is 25.4 Å². The van der Waals surface area contributed by atoms with Crippen molar-refractivity contribution in [3.63, 3.8) is 0 Å². The van der Waals surface area contributed by atoms with Gasteiger partial charge in [-0.3, -0.25) is 9.59 Å². The average molecular weight is 399 g/mol. The highest BCUT2D eigenvalue weighted by Gasteiger charge is 2.31. The van der Waals surface area contributed by atoms with Gasteiger partial charge in [0.2, 0.25) is 12.0 Å². The number of oxime groups is 1. The lowest BCUT2D eigenvalue weighted by atomic mass is 10.0. The molecule has 2 aliphatic heterocycles. The summed E-state index contributed by atoms with van der Waals surface area (Å²) in [6.07, 6.45) is 0.777. The molecular formula is C21H19F2N3O3. The fraction of sp³-hybridized carbons (Fsp3) is 0.286. The summed E-state index contributed by atoms with van der Waals surface area (Å²) in [7, 11) is 0. The van der Waals surface area contributed by atoms with Crippen molar-refractivity contribution in [2.24, 2.45) is 5.16 Å². The number of carbonyl (C=O) groups excluding carboxylic acids is 2. The predicted octanol–water partition coefficient (Wildman–Crippen LogP) is 2.55. The van der Waals surface area contributed by atoms with Crippen LogP contribution in [0.25, 0.3) is 0 Å². The number of aryl methyl sites for hydroxylation is 1. The first kappa shape index (κ1) is 19.0. The molecule has 1 atom stereocenters. The number of anilines is 1. The van der Waals surface area contributed by atoms with Crippen LogP contribution >= 0.6 is 0 Å². The minimum atomic E-state index is -0.992. The molecule has 4 rings (SSSR count). The number of benzene rings is 2. The summed E-state index contributed by atoms with van der Waals surface area (Å²) < 4.78 is 27.2. The molecule has 0 aliphatic carbocycles. The maximum atomic E-state index is 13.9. The number of halogens is 2. The highest BCUT2D eigenvalue weighted by atomic mass is 19.1. The number of nitrogens with one attached hydrogen (secondary N) is 1. The topological polar surface area (TPSA) is 71.0 Å². The maximum absolute atomic E-state index is 13.9. The van der Waals surface area contributed by atoms with Gasteiger partial charge in [-0.15, -0.1) is 0 Å². The van der Waals surface area contributed by atoms with Crippen LogP contribution in [-0.4, -0.2) is 36.7 Å². The van der Waals surface area contributed by atoms with Gasteiger partial charge in [0.05, 0.1) is 12.3 Å². The molecule has 2 aromatic rings. The molecule has 1 N–H and O–H groups in total. The first-order valence-electron chi connectivity index (χ1n) is 9.37. The zero-order chi connectivity index (χ0) is 20.4. The molecule has 2 aromatic carbocycles. The Hall–Kier alpha value is -3.29. The monoisotopic (exact) mass is 399 g/mol. The van der Waals surface area contributed by atoms with Gasteiger partial charge >= 0.3 is 0 Å². The van der Waals surface area contributed by atoms with Gasteiger partial charge in [-0.25, -0.2) is 8.78 Å². The molecule has 2 aliphatic rings. The minimum absolute atomic E-state index is 0.00700. The second-order valence-corrected chi connectivity index (χ2v) is 6.96. The van der Waals surface area contributed by atoms with Crippen LogP contribution in [0.5, 0.6) is 0 Å². The number of carbonyl (C=O) groups is 2. The molecular weight excluding hydrogens is 380 g/mol. The van der Waals surface area contributed by atoms with Crippen LogP contribution in [-0.2, 0) is 20.8 Å². The first-order chi connectivity index (χ1) is 14.0. The van der Waals surface area contributed by atoms with Gasteiger partial charge in [-0.2, -0.15) is 0 Å². The molecule has 150 valence electrons. The van der Waals surface area contributed by atoms with Crippen molar-refractivity contribution < 1.29 is 23.2 Å². The molecule has 0 spiro atoms. The Kier molecular flexibility index (Phi) is 5.24. The van der Waals surface area contributed by atoms with E-state index in [1.54, 1.807) is 4.90 Å². The van der Waals surface area contributed by atoms with E-state index in [0.717, 1.165) is 42.3 Å². The molecule has 0 aromatic heterocycles. The van der Waals surface area contributed by atoms with E-state index in [1.165, 1.54) is 0 Å². The quantitative estimate of drug-likeness (QED) is 0.859. The van der Waals surface area contributed by atoms with Crippen molar-refractivity contribution in [1.29, 1.82) is 0 Å². The van der Waals surface area contributed by atoms with Crippen molar-refractivity contribution in [1.82, 2.24) is 5.32 Å². The van der Waals surface area contributed by atoms with Gasteiger partial charge in [0.25, 0.3) is 5.91 Å². The van der Waals surface area contributed by atoms with Crippen LogP contribution in [0.4, 0.5) is 14.5 Å². The third kappa shape index (κ3) is 3.96. The number of amides is 2. The Labute approximate surface area is 166 Å². The van der Waals surface area contributed by atoms with Crippen molar-refractivity contribution >= 4 is 23.2 Å². The van der Waals surface area contributed by atoms with Crippen LogP contribution in [0.15, 0.2) is 47.6 Å². The zero-order valence-electron chi connectivity index (χ0n) is 15.5. The van der Waals surface area contributed by atoms with Gasteiger partial charge in [0.15, 0.2) is 0 Å². The van der Waals surface area contributed by atoms with Gasteiger partial charge < -0.3 is 15.1 Å². The van der Waals surface area contributed by atoms with Crippen molar-refractivity contribution in [3.8, 4) is 0 Å². The maximum Gasteiger partial charge on any atom is 0.264 e. The lowest BCUT2D eigenvalue weighted by Crippen LogP contribution is -2.45. The largest absolute Gasteiger partial charge is 0.382 e. The van der Waals surface area contributed by atoms with E-state index in [2.05, 4.69) is 10.5 Å². The Morgan fingerprint density at radius 2 is 2.03 bits per heavy atom. The Morgan fingerprint density at radius 3 is 2.90 bits per heavy atom. The summed E-state index contributed by atoms with van der Waals surface area (Å²) in [5.41, 5.74) is 2.08. The Morgan fingerprint density at radius 1 is 1.21 bits per heavy atom. The molecule has 0 fully saturated rings.